The lowest BCUT2D eigenvalue weighted by molar-refractivity contribution is 0.102. The molecule has 0 saturated carbocycles. The molecule has 0 spiro atoms. The molecule has 124 valence electrons. The van der Waals surface area contributed by atoms with Crippen molar-refractivity contribution in [1.82, 2.24) is 20.2 Å². The number of benzene rings is 1. The van der Waals surface area contributed by atoms with Gasteiger partial charge in [-0.05, 0) is 40.5 Å². The first-order valence-corrected chi connectivity index (χ1v) is 8.89. The van der Waals surface area contributed by atoms with Crippen LogP contribution in [0.2, 0.25) is 0 Å². The zero-order valence-electron chi connectivity index (χ0n) is 13.7. The molecule has 2 aromatic rings. The Bertz CT molecular complexity index is 855. The third-order valence-electron chi connectivity index (χ3n) is 3.52. The summed E-state index contributed by atoms with van der Waals surface area (Å²) >= 11 is 0. The minimum atomic E-state index is -3.46. The predicted octanol–water partition coefficient (Wildman–Crippen LogP) is 1.30. The van der Waals surface area contributed by atoms with Crippen LogP contribution in [0.3, 0.4) is 0 Å². The van der Waals surface area contributed by atoms with E-state index in [9.17, 15) is 13.2 Å². The average molecular weight is 337 g/mol. The van der Waals surface area contributed by atoms with Gasteiger partial charge in [0, 0.05) is 18.9 Å². The highest BCUT2D eigenvalue weighted by Crippen LogP contribution is 2.29. The minimum absolute atomic E-state index is 0.0264. The highest BCUT2D eigenvalue weighted by Gasteiger charge is 2.23. The quantitative estimate of drug-likeness (QED) is 0.901. The molecule has 0 atom stereocenters. The van der Waals surface area contributed by atoms with Crippen LogP contribution in [0.15, 0.2) is 17.0 Å². The smallest absolute Gasteiger partial charge is 0.258 e. The van der Waals surface area contributed by atoms with Gasteiger partial charge >= 0.3 is 0 Å². The van der Waals surface area contributed by atoms with E-state index in [1.54, 1.807) is 26.1 Å². The molecule has 0 saturated heterocycles. The number of tetrazole rings is 1. The topological polar surface area (TPSA) is 107 Å². The van der Waals surface area contributed by atoms with Crippen molar-refractivity contribution >= 4 is 21.7 Å². The third-order valence-corrected chi connectivity index (χ3v) is 4.80. The zero-order chi connectivity index (χ0) is 17.4. The van der Waals surface area contributed by atoms with Gasteiger partial charge in [0.05, 0.1) is 4.90 Å². The van der Waals surface area contributed by atoms with E-state index in [2.05, 4.69) is 20.8 Å². The van der Waals surface area contributed by atoms with Gasteiger partial charge < -0.3 is 0 Å². The molecule has 0 aliphatic heterocycles. The monoisotopic (exact) mass is 337 g/mol. The van der Waals surface area contributed by atoms with Crippen LogP contribution in [-0.2, 0) is 16.9 Å². The molecule has 0 bridgehead atoms. The van der Waals surface area contributed by atoms with Crippen LogP contribution < -0.4 is 5.32 Å². The fraction of sp³-hybridized carbons (Fsp3) is 0.429. The van der Waals surface area contributed by atoms with Gasteiger partial charge in [-0.1, -0.05) is 25.0 Å². The van der Waals surface area contributed by atoms with E-state index in [0.29, 0.717) is 11.1 Å². The summed E-state index contributed by atoms with van der Waals surface area (Å²) in [5.74, 6) is -0.248. The molecule has 9 heteroatoms. The molecular formula is C14H19N5O3S. The molecular weight excluding hydrogens is 318 g/mol. The van der Waals surface area contributed by atoms with Gasteiger partial charge in [0.2, 0.25) is 5.95 Å². The molecule has 8 nitrogen and oxygen atoms in total. The lowest BCUT2D eigenvalue weighted by Crippen LogP contribution is -2.18. The summed E-state index contributed by atoms with van der Waals surface area (Å²) in [4.78, 5) is 12.6. The van der Waals surface area contributed by atoms with Crippen LogP contribution in [0.5, 0.6) is 0 Å². The number of carbonyl (C=O) groups is 1. The van der Waals surface area contributed by atoms with Crippen LogP contribution in [-0.4, -0.2) is 40.8 Å². The summed E-state index contributed by atoms with van der Waals surface area (Å²) in [7, 11) is -1.87. The number of nitrogens with zero attached hydrogens (tertiary/aromatic N) is 4. The molecule has 2 rings (SSSR count). The van der Waals surface area contributed by atoms with E-state index in [1.807, 2.05) is 13.8 Å². The number of carbonyl (C=O) groups excluding carboxylic acids is 1. The van der Waals surface area contributed by atoms with Crippen LogP contribution in [0, 0.1) is 6.92 Å². The largest absolute Gasteiger partial charge is 0.289 e. The Labute approximate surface area is 134 Å². The molecule has 1 heterocycles. The van der Waals surface area contributed by atoms with Gasteiger partial charge in [0.25, 0.3) is 5.91 Å². The first-order chi connectivity index (χ1) is 10.6. The van der Waals surface area contributed by atoms with Crippen molar-refractivity contribution < 1.29 is 13.2 Å². The van der Waals surface area contributed by atoms with Crippen molar-refractivity contribution in [1.29, 1.82) is 0 Å². The van der Waals surface area contributed by atoms with Crippen molar-refractivity contribution in [2.45, 2.75) is 31.6 Å². The number of nitrogens with one attached hydrogen (secondary N) is 1. The summed E-state index contributed by atoms with van der Waals surface area (Å²) in [6, 6.07) is 3.30. The second-order valence-electron chi connectivity index (χ2n) is 5.66. The number of aryl methyl sites for hydroxylation is 1. The zero-order valence-corrected chi connectivity index (χ0v) is 14.5. The summed E-state index contributed by atoms with van der Waals surface area (Å²) < 4.78 is 25.6. The lowest BCUT2D eigenvalue weighted by Gasteiger charge is -2.17. The van der Waals surface area contributed by atoms with Gasteiger partial charge in [-0.15, -0.1) is 0 Å². The second kappa shape index (κ2) is 6.07. The van der Waals surface area contributed by atoms with Crippen molar-refractivity contribution in [3.8, 4) is 0 Å². The molecule has 0 unspecified atom stereocenters. The average Bonchev–Trinajstić information content (AvgIpc) is 2.82. The third kappa shape index (κ3) is 3.39. The highest BCUT2D eigenvalue weighted by atomic mass is 32.2. The van der Waals surface area contributed by atoms with E-state index in [4.69, 9.17) is 0 Å². The van der Waals surface area contributed by atoms with Gasteiger partial charge in [-0.3, -0.25) is 10.1 Å². The maximum Gasteiger partial charge on any atom is 0.258 e. The Balaban J connectivity index is 2.53. The number of hydrogen-bond acceptors (Lipinski definition) is 6. The molecule has 23 heavy (non-hydrogen) atoms. The number of hydrogen-bond donors (Lipinski definition) is 1. The van der Waals surface area contributed by atoms with Crippen LogP contribution in [0.1, 0.15) is 41.3 Å². The van der Waals surface area contributed by atoms with Gasteiger partial charge in [0.1, 0.15) is 0 Å². The number of amides is 1. The molecule has 1 N–H and O–H groups in total. The lowest BCUT2D eigenvalue weighted by atomic mass is 9.97. The van der Waals surface area contributed by atoms with E-state index in [1.165, 1.54) is 4.68 Å². The fourth-order valence-corrected chi connectivity index (χ4v) is 3.81. The standard InChI is InChI=1S/C14H19N5O3S/c1-8(2)10-6-7-11(9(3)12(10)23(5,21)22)13(20)15-14-16-17-18-19(14)4/h6-8H,1-5H3,(H,15,16,18,20). The van der Waals surface area contributed by atoms with Crippen molar-refractivity contribution in [3.05, 3.63) is 28.8 Å². The SMILES string of the molecule is Cc1c(C(=O)Nc2nnnn2C)ccc(C(C)C)c1S(C)(=O)=O. The molecule has 0 fully saturated rings. The molecule has 0 radical (unpaired) electrons. The fourth-order valence-electron chi connectivity index (χ4n) is 2.41. The van der Waals surface area contributed by atoms with Crippen molar-refractivity contribution in [3.63, 3.8) is 0 Å². The summed E-state index contributed by atoms with van der Waals surface area (Å²) in [6.07, 6.45) is 1.15. The number of aromatic nitrogens is 4. The maximum absolute atomic E-state index is 12.4. The highest BCUT2D eigenvalue weighted by molar-refractivity contribution is 7.90. The van der Waals surface area contributed by atoms with E-state index in [-0.39, 0.29) is 22.3 Å². The normalized spacial score (nSPS) is 11.7. The number of anilines is 1. The molecule has 1 aromatic heterocycles. The number of rotatable bonds is 4. The minimum Gasteiger partial charge on any atom is -0.289 e. The van der Waals surface area contributed by atoms with Crippen molar-refractivity contribution in [2.24, 2.45) is 7.05 Å². The maximum atomic E-state index is 12.4. The Kier molecular flexibility index (Phi) is 4.51. The summed E-state index contributed by atoms with van der Waals surface area (Å²) in [5.41, 5.74) is 1.39. The Morgan fingerprint density at radius 3 is 2.43 bits per heavy atom. The summed E-state index contributed by atoms with van der Waals surface area (Å²) in [5, 5.41) is 13.3. The van der Waals surface area contributed by atoms with Crippen LogP contribution >= 0.6 is 0 Å². The van der Waals surface area contributed by atoms with Gasteiger partial charge in [-0.25, -0.2) is 13.1 Å². The Hall–Kier alpha value is -2.29. The van der Waals surface area contributed by atoms with E-state index in [0.717, 1.165) is 6.26 Å². The Morgan fingerprint density at radius 1 is 1.30 bits per heavy atom. The number of sulfone groups is 1. The Morgan fingerprint density at radius 2 is 1.96 bits per heavy atom. The van der Waals surface area contributed by atoms with Crippen LogP contribution in [0.4, 0.5) is 5.95 Å². The molecule has 1 aromatic carbocycles. The first kappa shape index (κ1) is 17.1. The van der Waals surface area contributed by atoms with Crippen LogP contribution in [0.25, 0.3) is 0 Å². The summed E-state index contributed by atoms with van der Waals surface area (Å²) in [6.45, 7) is 5.45. The molecule has 0 aliphatic rings. The van der Waals surface area contributed by atoms with E-state index >= 15 is 0 Å². The molecule has 1 amide bonds. The predicted molar refractivity (Wildman–Crippen MR) is 85.1 cm³/mol. The second-order valence-corrected chi connectivity index (χ2v) is 7.62. The first-order valence-electron chi connectivity index (χ1n) is 7.00. The van der Waals surface area contributed by atoms with Crippen molar-refractivity contribution in [2.75, 3.05) is 11.6 Å². The van der Waals surface area contributed by atoms with E-state index < -0.39 is 15.7 Å². The molecule has 0 aliphatic carbocycles. The van der Waals surface area contributed by atoms with Gasteiger partial charge in [0.15, 0.2) is 9.84 Å². The van der Waals surface area contributed by atoms with Gasteiger partial charge in [-0.2, -0.15) is 0 Å².